The smallest absolute Gasteiger partial charge is 0.286 e. The average molecular weight is 419 g/mol. The second-order valence-corrected chi connectivity index (χ2v) is 9.52. The molecule has 1 fully saturated rings. The van der Waals surface area contributed by atoms with Gasteiger partial charge in [-0.25, -0.2) is 0 Å². The maximum atomic E-state index is 14.4. The molecule has 30 heavy (non-hydrogen) atoms. The minimum absolute atomic E-state index is 0.0214. The first kappa shape index (κ1) is 18.9. The molecule has 2 aromatic rings. The maximum Gasteiger partial charge on any atom is 0.286 e. The van der Waals surface area contributed by atoms with Crippen molar-refractivity contribution in [2.24, 2.45) is 0 Å². The van der Waals surface area contributed by atoms with E-state index in [1.807, 2.05) is 0 Å². The summed E-state index contributed by atoms with van der Waals surface area (Å²) in [6.07, 6.45) is 1.28. The lowest BCUT2D eigenvalue weighted by Crippen LogP contribution is -2.55. The molecule has 0 N–H and O–H groups in total. The third-order valence-corrected chi connectivity index (χ3v) is 5.86. The zero-order valence-electron chi connectivity index (χ0n) is 21.6. The first-order valence-corrected chi connectivity index (χ1v) is 10.6. The number of rotatable bonds is 5. The largest absolute Gasteiger partial charge is 0.296 e. The van der Waals surface area contributed by atoms with Crippen LogP contribution in [0.1, 0.15) is 79.9 Å². The summed E-state index contributed by atoms with van der Waals surface area (Å²) in [6.45, 7) is 10.5. The van der Waals surface area contributed by atoms with Crippen molar-refractivity contribution in [3.63, 3.8) is 0 Å². The molecule has 5 heteroatoms. The van der Waals surface area contributed by atoms with Crippen LogP contribution in [0.15, 0.2) is 42.6 Å². The molecule has 0 amide bonds. The molecule has 0 radical (unpaired) electrons. The number of nitrogens with zero attached hydrogens (tertiary/aromatic N) is 3. The van der Waals surface area contributed by atoms with Crippen LogP contribution in [0.2, 0.25) is 0 Å². The van der Waals surface area contributed by atoms with Crippen LogP contribution < -0.4 is 0 Å². The van der Waals surface area contributed by atoms with Gasteiger partial charge in [0, 0.05) is 54.9 Å². The van der Waals surface area contributed by atoms with Crippen LogP contribution in [-0.2, 0) is 12.5 Å². The van der Waals surface area contributed by atoms with E-state index in [1.165, 1.54) is 23.4 Å². The topological polar surface area (TPSA) is 19.4 Å². The van der Waals surface area contributed by atoms with E-state index in [2.05, 4.69) is 73.7 Å². The van der Waals surface area contributed by atoms with E-state index in [9.17, 15) is 8.78 Å². The van der Waals surface area contributed by atoms with E-state index in [4.69, 9.17) is 4.11 Å². The Labute approximate surface area is 184 Å². The molecular formula is C25H35F2N3. The van der Waals surface area contributed by atoms with Gasteiger partial charge in [0.25, 0.3) is 5.92 Å². The monoisotopic (exact) mass is 418 g/mol. The predicted octanol–water partition coefficient (Wildman–Crippen LogP) is 5.97. The summed E-state index contributed by atoms with van der Waals surface area (Å²) in [7, 11) is 0. The molecule has 3 rings (SSSR count). The van der Waals surface area contributed by atoms with Gasteiger partial charge in [0.2, 0.25) is 0 Å². The van der Waals surface area contributed by atoms with Crippen LogP contribution in [0.4, 0.5) is 8.78 Å². The van der Waals surface area contributed by atoms with Gasteiger partial charge in [-0.3, -0.25) is 14.8 Å². The van der Waals surface area contributed by atoms with E-state index in [0.717, 1.165) is 19.6 Å². The Kier molecular flexibility index (Phi) is 5.49. The summed E-state index contributed by atoms with van der Waals surface area (Å²) in [6, 6.07) is 11.6. The van der Waals surface area contributed by atoms with Gasteiger partial charge in [-0.05, 0) is 55.5 Å². The number of hydrogen-bond acceptors (Lipinski definition) is 3. The summed E-state index contributed by atoms with van der Waals surface area (Å²) < 4.78 is 50.3. The summed E-state index contributed by atoms with van der Waals surface area (Å²) in [5, 5.41) is 0. The van der Waals surface area contributed by atoms with E-state index >= 15 is 0 Å². The van der Waals surface area contributed by atoms with Gasteiger partial charge < -0.3 is 0 Å². The van der Waals surface area contributed by atoms with Crippen molar-refractivity contribution in [2.75, 3.05) is 19.6 Å². The highest BCUT2D eigenvalue weighted by Gasteiger charge is 2.36. The molecular weight excluding hydrogens is 380 g/mol. The molecule has 0 aliphatic carbocycles. The van der Waals surface area contributed by atoms with E-state index in [0.29, 0.717) is 18.0 Å². The Morgan fingerprint density at radius 2 is 1.90 bits per heavy atom. The Hall–Kier alpha value is -1.85. The highest BCUT2D eigenvalue weighted by atomic mass is 19.3. The standard InChI is InChI=1S/C25H35F2N3/c1-18(2)20-9-7-8-10-21(20)22-17-29(13-14-30(22)24(3,4)5)16-19-11-12-28-23(15-19)25(6,26)27/h7-12,15,18,22H,13-14,16-17H2,1-6H3/i6D3. The first-order valence-electron chi connectivity index (χ1n) is 12.1. The van der Waals surface area contributed by atoms with Crippen LogP contribution >= 0.6 is 0 Å². The lowest BCUT2D eigenvalue weighted by Gasteiger charge is -2.49. The number of pyridine rings is 1. The predicted molar refractivity (Wildman–Crippen MR) is 119 cm³/mol. The third kappa shape index (κ3) is 5.25. The van der Waals surface area contributed by atoms with Crippen molar-refractivity contribution < 1.29 is 12.9 Å². The highest BCUT2D eigenvalue weighted by Crippen LogP contribution is 2.36. The van der Waals surface area contributed by atoms with Crippen molar-refractivity contribution in [3.05, 3.63) is 65.0 Å². The molecule has 0 bridgehead atoms. The molecule has 1 aliphatic rings. The fourth-order valence-corrected chi connectivity index (χ4v) is 4.39. The van der Waals surface area contributed by atoms with Crippen LogP contribution in [0, 0.1) is 0 Å². The number of halogens is 2. The van der Waals surface area contributed by atoms with Crippen molar-refractivity contribution >= 4 is 0 Å². The van der Waals surface area contributed by atoms with E-state index in [1.54, 1.807) is 6.07 Å². The second-order valence-electron chi connectivity index (χ2n) is 9.52. The molecule has 1 unspecified atom stereocenters. The summed E-state index contributed by atoms with van der Waals surface area (Å²) in [5.74, 6) is -3.59. The van der Waals surface area contributed by atoms with Gasteiger partial charge in [0.05, 0.1) is 0 Å². The van der Waals surface area contributed by atoms with Crippen LogP contribution in [0.3, 0.4) is 0 Å². The average Bonchev–Trinajstić information content (AvgIpc) is 2.72. The number of aromatic nitrogens is 1. The van der Waals surface area contributed by atoms with Gasteiger partial charge in [-0.2, -0.15) is 8.78 Å². The summed E-state index contributed by atoms with van der Waals surface area (Å²) >= 11 is 0. The van der Waals surface area contributed by atoms with Gasteiger partial charge in [0.1, 0.15) is 5.69 Å². The zero-order valence-corrected chi connectivity index (χ0v) is 18.6. The first-order chi connectivity index (χ1) is 15.2. The molecule has 1 aromatic carbocycles. The fourth-order valence-electron chi connectivity index (χ4n) is 4.39. The number of benzene rings is 1. The van der Waals surface area contributed by atoms with Crippen molar-refractivity contribution in [1.29, 1.82) is 0 Å². The lowest BCUT2D eigenvalue weighted by atomic mass is 9.88. The third-order valence-electron chi connectivity index (χ3n) is 5.86. The van der Waals surface area contributed by atoms with Gasteiger partial charge in [-0.1, -0.05) is 38.1 Å². The molecule has 3 nitrogen and oxygen atoms in total. The van der Waals surface area contributed by atoms with Crippen molar-refractivity contribution in [3.8, 4) is 0 Å². The SMILES string of the molecule is [2H]C([2H])([2H])C(F)(F)c1cc(CN2CCN(C(C)(C)C)C(c3ccccc3C(C)C)C2)ccn1. The molecule has 1 saturated heterocycles. The second kappa shape index (κ2) is 8.72. The fraction of sp³-hybridized carbons (Fsp3) is 0.560. The summed E-state index contributed by atoms with van der Waals surface area (Å²) in [5.41, 5.74) is 2.55. The zero-order chi connectivity index (χ0) is 24.6. The van der Waals surface area contributed by atoms with E-state index in [-0.39, 0.29) is 11.6 Å². The van der Waals surface area contributed by atoms with Crippen molar-refractivity contribution in [2.45, 2.75) is 71.4 Å². The van der Waals surface area contributed by atoms with Gasteiger partial charge >= 0.3 is 0 Å². The number of piperazine rings is 1. The maximum absolute atomic E-state index is 14.4. The molecule has 0 spiro atoms. The minimum Gasteiger partial charge on any atom is -0.296 e. The summed E-state index contributed by atoms with van der Waals surface area (Å²) in [4.78, 5) is 8.45. The number of hydrogen-bond donors (Lipinski definition) is 0. The molecule has 1 atom stereocenters. The van der Waals surface area contributed by atoms with Crippen LogP contribution in [0.5, 0.6) is 0 Å². The Morgan fingerprint density at radius 1 is 1.17 bits per heavy atom. The quantitative estimate of drug-likeness (QED) is 0.596. The molecule has 164 valence electrons. The normalized spacial score (nSPS) is 21.3. The Balaban J connectivity index is 1.88. The lowest BCUT2D eigenvalue weighted by molar-refractivity contribution is 0.00469. The molecule has 2 heterocycles. The van der Waals surface area contributed by atoms with E-state index < -0.39 is 18.5 Å². The van der Waals surface area contributed by atoms with Crippen LogP contribution in [-0.4, -0.2) is 40.0 Å². The van der Waals surface area contributed by atoms with Crippen LogP contribution in [0.25, 0.3) is 0 Å². The minimum atomic E-state index is -3.98. The highest BCUT2D eigenvalue weighted by molar-refractivity contribution is 5.33. The van der Waals surface area contributed by atoms with Crippen molar-refractivity contribution in [1.82, 2.24) is 14.8 Å². The molecule has 1 aliphatic heterocycles. The Bertz CT molecular complexity index is 954. The molecule has 1 aromatic heterocycles. The molecule has 0 saturated carbocycles. The van der Waals surface area contributed by atoms with Gasteiger partial charge in [-0.15, -0.1) is 0 Å². The van der Waals surface area contributed by atoms with Gasteiger partial charge in [0.15, 0.2) is 0 Å². The Morgan fingerprint density at radius 3 is 2.57 bits per heavy atom. The number of alkyl halides is 2.